The lowest BCUT2D eigenvalue weighted by Crippen LogP contribution is -1.78. The van der Waals surface area contributed by atoms with Gasteiger partial charge in [-0.15, -0.1) is 0 Å². The quantitative estimate of drug-likeness (QED) is 0.612. The van der Waals surface area contributed by atoms with E-state index in [1.165, 1.54) is 11.8 Å². The Balaban J connectivity index is 0.000000487. The van der Waals surface area contributed by atoms with Gasteiger partial charge in [-0.1, -0.05) is 24.1 Å². The summed E-state index contributed by atoms with van der Waals surface area (Å²) in [4.78, 5) is 10.1. The van der Waals surface area contributed by atoms with Crippen molar-refractivity contribution < 1.29 is 15.0 Å². The number of hydrogen-bond acceptors (Lipinski definition) is 3. The molecule has 0 atom stereocenters. The highest BCUT2D eigenvalue weighted by Gasteiger charge is 1.85. The fourth-order valence-electron chi connectivity index (χ4n) is 0.690. The molecule has 0 heterocycles. The molecule has 3 nitrogen and oxygen atoms in total. The van der Waals surface area contributed by atoms with Crippen LogP contribution in [-0.4, -0.2) is 22.8 Å². The Morgan fingerprint density at radius 2 is 1.94 bits per heavy atom. The molecule has 86 valence electrons. The van der Waals surface area contributed by atoms with Crippen LogP contribution in [-0.2, 0) is 4.79 Å². The van der Waals surface area contributed by atoms with Crippen molar-refractivity contribution in [2.75, 3.05) is 6.61 Å². The zero-order chi connectivity index (χ0) is 12.2. The van der Waals surface area contributed by atoms with Crippen LogP contribution < -0.4 is 0 Å². The van der Waals surface area contributed by atoms with Gasteiger partial charge < -0.3 is 10.2 Å². The lowest BCUT2D eigenvalue weighted by atomic mass is 10.4. The topological polar surface area (TPSA) is 57.5 Å². The second-order valence-corrected chi connectivity index (χ2v) is 3.57. The van der Waals surface area contributed by atoms with Gasteiger partial charge in [0.1, 0.15) is 0 Å². The van der Waals surface area contributed by atoms with E-state index in [0.29, 0.717) is 6.42 Å². The van der Waals surface area contributed by atoms with Gasteiger partial charge in [0.05, 0.1) is 6.61 Å². The van der Waals surface area contributed by atoms with E-state index in [2.05, 4.69) is 11.2 Å². The van der Waals surface area contributed by atoms with E-state index >= 15 is 0 Å². The maximum atomic E-state index is 9.00. The number of carboxylic acids is 1. The van der Waals surface area contributed by atoms with Crippen molar-refractivity contribution in [2.24, 2.45) is 0 Å². The summed E-state index contributed by atoms with van der Waals surface area (Å²) in [6, 6.07) is 9.97. The molecule has 0 aliphatic carbocycles. The smallest absolute Gasteiger partial charge is 0.300 e. The number of aliphatic hydroxyl groups excluding tert-OH is 1. The third-order valence-corrected chi connectivity index (χ3v) is 1.98. The fraction of sp³-hybridized carbons (Fsp3) is 0.250. The maximum absolute atomic E-state index is 9.00. The summed E-state index contributed by atoms with van der Waals surface area (Å²) in [7, 11) is 0. The van der Waals surface area contributed by atoms with E-state index in [1.807, 2.05) is 30.3 Å². The van der Waals surface area contributed by atoms with E-state index in [9.17, 15) is 0 Å². The average Bonchev–Trinajstić information content (AvgIpc) is 2.25. The summed E-state index contributed by atoms with van der Waals surface area (Å²) in [6.45, 7) is 1.22. The van der Waals surface area contributed by atoms with E-state index in [4.69, 9.17) is 15.0 Å². The first-order chi connectivity index (χ1) is 7.66. The van der Waals surface area contributed by atoms with Crippen molar-refractivity contribution in [1.82, 2.24) is 0 Å². The highest BCUT2D eigenvalue weighted by molar-refractivity contribution is 8.03. The Labute approximate surface area is 99.5 Å². The highest BCUT2D eigenvalue weighted by atomic mass is 32.2. The van der Waals surface area contributed by atoms with Crippen molar-refractivity contribution in [1.29, 1.82) is 0 Å². The summed E-state index contributed by atoms with van der Waals surface area (Å²) in [5.74, 6) is 2.01. The van der Waals surface area contributed by atoms with Crippen LogP contribution in [0.15, 0.2) is 35.2 Å². The van der Waals surface area contributed by atoms with Crippen LogP contribution in [0.5, 0.6) is 0 Å². The minimum Gasteiger partial charge on any atom is -0.481 e. The molecule has 0 radical (unpaired) electrons. The molecular formula is C12H14O3S. The van der Waals surface area contributed by atoms with Crippen molar-refractivity contribution in [2.45, 2.75) is 18.2 Å². The number of rotatable bonds is 2. The number of aliphatic carboxylic acids is 1. The normalized spacial score (nSPS) is 8.12. The Bertz CT molecular complexity index is 348. The van der Waals surface area contributed by atoms with Gasteiger partial charge in [-0.3, -0.25) is 4.79 Å². The maximum Gasteiger partial charge on any atom is 0.300 e. The first-order valence-corrected chi connectivity index (χ1v) is 5.48. The van der Waals surface area contributed by atoms with Crippen LogP contribution in [0, 0.1) is 11.2 Å². The summed E-state index contributed by atoms with van der Waals surface area (Å²) in [6.07, 6.45) is 0.555. The summed E-state index contributed by atoms with van der Waals surface area (Å²) in [5.41, 5.74) is 0. The first-order valence-electron chi connectivity index (χ1n) is 4.67. The van der Waals surface area contributed by atoms with Crippen LogP contribution in [0.4, 0.5) is 0 Å². The number of benzene rings is 1. The Hall–Kier alpha value is -1.44. The van der Waals surface area contributed by atoms with Crippen LogP contribution in [0.2, 0.25) is 0 Å². The fourth-order valence-corrected chi connectivity index (χ4v) is 1.28. The molecule has 0 aliphatic heterocycles. The van der Waals surface area contributed by atoms with E-state index < -0.39 is 5.97 Å². The molecule has 0 unspecified atom stereocenters. The van der Waals surface area contributed by atoms with Crippen molar-refractivity contribution in [3.63, 3.8) is 0 Å². The molecule has 16 heavy (non-hydrogen) atoms. The molecule has 1 rings (SSSR count). The predicted octanol–water partition coefficient (Wildman–Crippen LogP) is 2.21. The van der Waals surface area contributed by atoms with Gasteiger partial charge in [0, 0.05) is 18.2 Å². The van der Waals surface area contributed by atoms with E-state index in [-0.39, 0.29) is 6.61 Å². The first kappa shape index (κ1) is 14.6. The Morgan fingerprint density at radius 3 is 2.44 bits per heavy atom. The third-order valence-electron chi connectivity index (χ3n) is 1.22. The van der Waals surface area contributed by atoms with E-state index in [1.54, 1.807) is 0 Å². The molecule has 4 heteroatoms. The van der Waals surface area contributed by atoms with Crippen LogP contribution in [0.3, 0.4) is 0 Å². The standard InChI is InChI=1S/C10H10OS.C2H4O2/c11-8-4-5-9-12-10-6-2-1-3-7-10;1-2(3)4/h1-3,6-7,11H,4,8H2;1H3,(H,3,4). The zero-order valence-corrected chi connectivity index (χ0v) is 9.83. The second kappa shape index (κ2) is 10.1. The van der Waals surface area contributed by atoms with Crippen LogP contribution >= 0.6 is 11.8 Å². The molecule has 0 bridgehead atoms. The minimum absolute atomic E-state index is 0.141. The number of carbonyl (C=O) groups is 1. The van der Waals surface area contributed by atoms with Crippen LogP contribution in [0.25, 0.3) is 0 Å². The largest absolute Gasteiger partial charge is 0.481 e. The van der Waals surface area contributed by atoms with Crippen molar-refractivity contribution in [3.05, 3.63) is 30.3 Å². The highest BCUT2D eigenvalue weighted by Crippen LogP contribution is 2.14. The lowest BCUT2D eigenvalue weighted by molar-refractivity contribution is -0.134. The van der Waals surface area contributed by atoms with Gasteiger partial charge in [0.15, 0.2) is 0 Å². The van der Waals surface area contributed by atoms with Gasteiger partial charge in [-0.25, -0.2) is 0 Å². The average molecular weight is 238 g/mol. The number of thioether (sulfide) groups is 1. The molecule has 0 fully saturated rings. The van der Waals surface area contributed by atoms with Crippen molar-refractivity contribution >= 4 is 17.7 Å². The minimum atomic E-state index is -0.833. The second-order valence-electron chi connectivity index (χ2n) is 2.69. The molecule has 0 saturated heterocycles. The van der Waals surface area contributed by atoms with E-state index in [0.717, 1.165) is 11.8 Å². The number of hydrogen-bond donors (Lipinski definition) is 2. The van der Waals surface area contributed by atoms with Gasteiger partial charge in [0.25, 0.3) is 5.97 Å². The molecule has 1 aromatic rings. The number of aliphatic hydroxyl groups is 1. The molecule has 2 N–H and O–H groups in total. The molecule has 0 aliphatic rings. The van der Waals surface area contributed by atoms with Gasteiger partial charge in [-0.05, 0) is 29.1 Å². The summed E-state index contributed by atoms with van der Waals surface area (Å²) >= 11 is 1.49. The Morgan fingerprint density at radius 1 is 1.38 bits per heavy atom. The molecule has 0 spiro atoms. The monoisotopic (exact) mass is 238 g/mol. The molecule has 0 amide bonds. The van der Waals surface area contributed by atoms with Gasteiger partial charge in [0.2, 0.25) is 0 Å². The van der Waals surface area contributed by atoms with Crippen molar-refractivity contribution in [3.8, 4) is 11.2 Å². The SMILES string of the molecule is CC(=O)O.OCCC#CSc1ccccc1. The van der Waals surface area contributed by atoms with Crippen LogP contribution in [0.1, 0.15) is 13.3 Å². The molecule has 1 aromatic carbocycles. The molecule has 0 aromatic heterocycles. The van der Waals surface area contributed by atoms with Gasteiger partial charge >= 0.3 is 0 Å². The number of carboxylic acid groups (broad SMARTS) is 1. The molecular weight excluding hydrogens is 224 g/mol. The third kappa shape index (κ3) is 10.6. The predicted molar refractivity (Wildman–Crippen MR) is 65.1 cm³/mol. The molecule has 0 saturated carbocycles. The summed E-state index contributed by atoms with van der Waals surface area (Å²) < 4.78 is 0. The zero-order valence-electron chi connectivity index (χ0n) is 9.01. The Kier molecular flexibility index (Phi) is 9.18. The lowest BCUT2D eigenvalue weighted by Gasteiger charge is -1.89. The summed E-state index contributed by atoms with van der Waals surface area (Å²) in [5, 5.41) is 18.8. The van der Waals surface area contributed by atoms with Gasteiger partial charge in [-0.2, -0.15) is 0 Å².